The van der Waals surface area contributed by atoms with Crippen LogP contribution in [0.25, 0.3) is 0 Å². The summed E-state index contributed by atoms with van der Waals surface area (Å²) >= 11 is 1.33. The van der Waals surface area contributed by atoms with Crippen LogP contribution in [-0.2, 0) is 11.3 Å². The summed E-state index contributed by atoms with van der Waals surface area (Å²) in [6.07, 6.45) is 2.02. The number of hydrogen-bond acceptors (Lipinski definition) is 5. The highest BCUT2D eigenvalue weighted by atomic mass is 32.1. The lowest BCUT2D eigenvalue weighted by molar-refractivity contribution is -0.119. The second-order valence-corrected chi connectivity index (χ2v) is 5.20. The molecular weight excluding hydrogens is 264 g/mol. The summed E-state index contributed by atoms with van der Waals surface area (Å²) < 4.78 is 0. The Kier molecular flexibility index (Phi) is 6.48. The van der Waals surface area contributed by atoms with Crippen molar-refractivity contribution in [2.24, 2.45) is 11.6 Å². The van der Waals surface area contributed by atoms with Crippen LogP contribution in [0.3, 0.4) is 0 Å². The lowest BCUT2D eigenvalue weighted by Crippen LogP contribution is -2.35. The molecule has 1 rings (SSSR count). The zero-order chi connectivity index (χ0) is 14.3. The number of hydrazine groups is 1. The van der Waals surface area contributed by atoms with Crippen LogP contribution in [0.15, 0.2) is 11.4 Å². The number of nitrogen functional groups attached to an aromatic ring is 1. The van der Waals surface area contributed by atoms with Gasteiger partial charge in [-0.2, -0.15) is 0 Å². The highest BCUT2D eigenvalue weighted by Gasteiger charge is 2.16. The van der Waals surface area contributed by atoms with Gasteiger partial charge in [0.05, 0.1) is 11.4 Å². The summed E-state index contributed by atoms with van der Waals surface area (Å²) in [5.74, 6) is 4.47. The first-order valence-corrected chi connectivity index (χ1v) is 7.04. The van der Waals surface area contributed by atoms with Gasteiger partial charge in [0.2, 0.25) is 5.91 Å². The summed E-state index contributed by atoms with van der Waals surface area (Å²) in [6, 6.07) is 1.87. The molecule has 6 nitrogen and oxygen atoms in total. The summed E-state index contributed by atoms with van der Waals surface area (Å²) in [4.78, 5) is 25.2. The van der Waals surface area contributed by atoms with Crippen molar-refractivity contribution in [1.82, 2.24) is 10.3 Å². The lowest BCUT2D eigenvalue weighted by atomic mass is 10.2. The number of nitrogens with two attached hydrogens (primary N) is 2. The van der Waals surface area contributed by atoms with E-state index in [9.17, 15) is 9.59 Å². The maximum absolute atomic E-state index is 11.6. The molecule has 0 spiro atoms. The number of primary amides is 1. The van der Waals surface area contributed by atoms with E-state index in [1.165, 1.54) is 11.3 Å². The molecule has 0 aromatic carbocycles. The fraction of sp³-hybridized carbons (Fsp3) is 0.500. The lowest BCUT2D eigenvalue weighted by Gasteiger charge is -2.20. The molecule has 0 fully saturated rings. The van der Waals surface area contributed by atoms with Gasteiger partial charge in [-0.15, -0.1) is 11.3 Å². The summed E-state index contributed by atoms with van der Waals surface area (Å²) in [5, 5.41) is 1.84. The fourth-order valence-electron chi connectivity index (χ4n) is 1.78. The first-order chi connectivity index (χ1) is 9.08. The predicted molar refractivity (Wildman–Crippen MR) is 75.4 cm³/mol. The van der Waals surface area contributed by atoms with E-state index in [4.69, 9.17) is 11.6 Å². The van der Waals surface area contributed by atoms with Gasteiger partial charge in [0.25, 0.3) is 5.91 Å². The number of nitrogens with one attached hydrogen (secondary N) is 1. The average molecular weight is 284 g/mol. The third-order valence-corrected chi connectivity index (χ3v) is 3.64. The first kappa shape index (κ1) is 15.6. The molecular formula is C12H20N4O2S. The van der Waals surface area contributed by atoms with E-state index in [-0.39, 0.29) is 18.4 Å². The molecule has 0 atom stereocenters. The van der Waals surface area contributed by atoms with E-state index in [1.54, 1.807) is 0 Å². The topological polar surface area (TPSA) is 101 Å². The van der Waals surface area contributed by atoms with Crippen molar-refractivity contribution in [2.45, 2.75) is 26.3 Å². The molecule has 1 heterocycles. The summed E-state index contributed by atoms with van der Waals surface area (Å²) in [6.45, 7) is 3.58. The third-order valence-electron chi connectivity index (χ3n) is 2.69. The van der Waals surface area contributed by atoms with E-state index in [1.807, 2.05) is 16.3 Å². The van der Waals surface area contributed by atoms with Gasteiger partial charge in [0.1, 0.15) is 0 Å². The number of unbranched alkanes of at least 4 members (excludes halogenated alkanes) is 1. The van der Waals surface area contributed by atoms with Gasteiger partial charge in [-0.25, -0.2) is 5.84 Å². The molecule has 0 aliphatic rings. The summed E-state index contributed by atoms with van der Waals surface area (Å²) in [7, 11) is 0. The Hall–Kier alpha value is -1.44. The SMILES string of the molecule is CCCCN(CC(N)=O)Cc1ccsc1C(=O)NN. The molecule has 0 saturated carbocycles. The molecule has 7 heteroatoms. The van der Waals surface area contributed by atoms with Crippen molar-refractivity contribution in [2.75, 3.05) is 13.1 Å². The van der Waals surface area contributed by atoms with Crippen molar-refractivity contribution >= 4 is 23.2 Å². The van der Waals surface area contributed by atoms with Crippen LogP contribution in [0.2, 0.25) is 0 Å². The minimum atomic E-state index is -0.365. The summed E-state index contributed by atoms with van der Waals surface area (Å²) in [5.41, 5.74) is 8.23. The van der Waals surface area contributed by atoms with Gasteiger partial charge in [-0.1, -0.05) is 13.3 Å². The third kappa shape index (κ3) is 4.98. The highest BCUT2D eigenvalue weighted by molar-refractivity contribution is 7.12. The van der Waals surface area contributed by atoms with Crippen molar-refractivity contribution in [1.29, 1.82) is 0 Å². The molecule has 0 bridgehead atoms. The number of amides is 2. The molecule has 2 amide bonds. The van der Waals surface area contributed by atoms with Crippen LogP contribution in [0.5, 0.6) is 0 Å². The zero-order valence-electron chi connectivity index (χ0n) is 11.0. The van der Waals surface area contributed by atoms with Crippen molar-refractivity contribution < 1.29 is 9.59 Å². The number of carbonyl (C=O) groups is 2. The minimum absolute atomic E-state index is 0.194. The molecule has 1 aromatic rings. The quantitative estimate of drug-likeness (QED) is 0.366. The molecule has 0 unspecified atom stereocenters. The van der Waals surface area contributed by atoms with E-state index in [2.05, 4.69) is 12.3 Å². The number of carbonyl (C=O) groups excluding carboxylic acids is 2. The molecule has 19 heavy (non-hydrogen) atoms. The van der Waals surface area contributed by atoms with Crippen molar-refractivity contribution in [3.05, 3.63) is 21.9 Å². The second kappa shape index (κ2) is 7.88. The van der Waals surface area contributed by atoms with Gasteiger partial charge in [-0.3, -0.25) is 19.9 Å². The van der Waals surface area contributed by atoms with E-state index >= 15 is 0 Å². The van der Waals surface area contributed by atoms with E-state index in [0.29, 0.717) is 11.4 Å². The normalized spacial score (nSPS) is 10.7. The monoisotopic (exact) mass is 284 g/mol. The predicted octanol–water partition coefficient (Wildman–Crippen LogP) is 0.439. The minimum Gasteiger partial charge on any atom is -0.369 e. The number of rotatable bonds is 8. The molecule has 106 valence electrons. The Morgan fingerprint density at radius 2 is 2.21 bits per heavy atom. The molecule has 1 aromatic heterocycles. The Balaban J connectivity index is 2.74. The second-order valence-electron chi connectivity index (χ2n) is 4.28. The molecule has 0 aliphatic heterocycles. The Bertz CT molecular complexity index is 433. The van der Waals surface area contributed by atoms with Gasteiger partial charge in [-0.05, 0) is 30.0 Å². The largest absolute Gasteiger partial charge is 0.369 e. The van der Waals surface area contributed by atoms with Crippen LogP contribution >= 0.6 is 11.3 Å². The Morgan fingerprint density at radius 3 is 2.79 bits per heavy atom. The van der Waals surface area contributed by atoms with Crippen LogP contribution in [0, 0.1) is 0 Å². The van der Waals surface area contributed by atoms with Crippen LogP contribution in [0.4, 0.5) is 0 Å². The standard InChI is InChI=1S/C12H20N4O2S/c1-2-3-5-16(8-10(13)17)7-9-4-6-19-11(9)12(18)15-14/h4,6H,2-3,5,7-8,14H2,1H3,(H2,13,17)(H,15,18). The van der Waals surface area contributed by atoms with Crippen molar-refractivity contribution in [3.8, 4) is 0 Å². The zero-order valence-corrected chi connectivity index (χ0v) is 11.8. The number of hydrogen-bond donors (Lipinski definition) is 3. The van der Waals surface area contributed by atoms with Crippen LogP contribution in [0.1, 0.15) is 35.0 Å². The first-order valence-electron chi connectivity index (χ1n) is 6.16. The van der Waals surface area contributed by atoms with E-state index in [0.717, 1.165) is 24.9 Å². The number of nitrogens with zero attached hydrogens (tertiary/aromatic N) is 1. The highest BCUT2D eigenvalue weighted by Crippen LogP contribution is 2.18. The van der Waals surface area contributed by atoms with Crippen molar-refractivity contribution in [3.63, 3.8) is 0 Å². The maximum Gasteiger partial charge on any atom is 0.275 e. The Labute approximate surface area is 116 Å². The van der Waals surface area contributed by atoms with Gasteiger partial charge >= 0.3 is 0 Å². The average Bonchev–Trinajstić information content (AvgIpc) is 2.82. The number of thiophene rings is 1. The molecule has 0 saturated heterocycles. The fourth-order valence-corrected chi connectivity index (χ4v) is 2.60. The van der Waals surface area contributed by atoms with Gasteiger partial charge < -0.3 is 5.73 Å². The molecule has 0 radical (unpaired) electrons. The molecule has 0 aliphatic carbocycles. The van der Waals surface area contributed by atoms with Crippen LogP contribution in [-0.4, -0.2) is 29.8 Å². The van der Waals surface area contributed by atoms with Gasteiger partial charge in [0, 0.05) is 6.54 Å². The Morgan fingerprint density at radius 1 is 1.47 bits per heavy atom. The van der Waals surface area contributed by atoms with Gasteiger partial charge in [0.15, 0.2) is 0 Å². The smallest absolute Gasteiger partial charge is 0.275 e. The van der Waals surface area contributed by atoms with E-state index < -0.39 is 0 Å². The van der Waals surface area contributed by atoms with Crippen LogP contribution < -0.4 is 17.0 Å². The molecule has 5 N–H and O–H groups in total. The maximum atomic E-state index is 11.6.